The summed E-state index contributed by atoms with van der Waals surface area (Å²) in [6, 6.07) is 14.7. The van der Waals surface area contributed by atoms with Gasteiger partial charge in [0.25, 0.3) is 15.6 Å². The van der Waals surface area contributed by atoms with E-state index in [4.69, 9.17) is 11.6 Å². The number of carbonyl (C=O) groups is 1. The number of amides is 1. The summed E-state index contributed by atoms with van der Waals surface area (Å²) >= 11 is 6.72. The van der Waals surface area contributed by atoms with E-state index in [1.54, 1.807) is 36.4 Å². The highest BCUT2D eigenvalue weighted by atomic mass is 35.5. The highest BCUT2D eigenvalue weighted by Gasteiger charge is 2.23. The lowest BCUT2D eigenvalue weighted by Gasteiger charge is -2.11. The monoisotopic (exact) mass is 555 g/mol. The molecule has 188 valence electrons. The predicted molar refractivity (Wildman–Crippen MR) is 142 cm³/mol. The lowest BCUT2D eigenvalue weighted by Crippen LogP contribution is -2.16. The number of aromatic amines is 1. The summed E-state index contributed by atoms with van der Waals surface area (Å²) in [5.41, 5.74) is 0.486. The molecular weight excluding hydrogens is 538 g/mol. The molecule has 0 aliphatic heterocycles. The molecule has 4 N–H and O–H groups in total. The van der Waals surface area contributed by atoms with Gasteiger partial charge in [0.1, 0.15) is 11.6 Å². The van der Waals surface area contributed by atoms with Crippen molar-refractivity contribution in [2.24, 2.45) is 0 Å². The topological polar surface area (TPSA) is 170 Å². The Balaban J connectivity index is 1.68. The Morgan fingerprint density at radius 2 is 1.86 bits per heavy atom. The fourth-order valence-corrected chi connectivity index (χ4v) is 5.92. The van der Waals surface area contributed by atoms with Crippen molar-refractivity contribution in [2.45, 2.75) is 18.1 Å². The number of sulfonamides is 1. The molecule has 0 bridgehead atoms. The van der Waals surface area contributed by atoms with E-state index in [9.17, 15) is 23.3 Å². The molecule has 0 spiro atoms. The molecule has 1 amide bonds. The summed E-state index contributed by atoms with van der Waals surface area (Å²) in [5.74, 6) is -0.292. The summed E-state index contributed by atoms with van der Waals surface area (Å²) in [7, 11) is -4.06. The normalized spacial score (nSPS) is 11.0. The molecule has 2 aromatic heterocycles. The maximum Gasteiger partial charge on any atom is 0.273 e. The number of rotatable bonds is 7. The average molecular weight is 556 g/mol. The number of thiazole rings is 1. The Kier molecular flexibility index (Phi) is 7.25. The van der Waals surface area contributed by atoms with Crippen molar-refractivity contribution < 1.29 is 13.2 Å². The third-order valence-electron chi connectivity index (χ3n) is 4.81. The number of benzene rings is 2. The highest BCUT2D eigenvalue weighted by molar-refractivity contribution is 7.94. The maximum absolute atomic E-state index is 13.0. The molecule has 0 aliphatic carbocycles. The molecule has 0 fully saturated rings. The Bertz CT molecular complexity index is 1710. The van der Waals surface area contributed by atoms with Gasteiger partial charge in [0, 0.05) is 28.9 Å². The van der Waals surface area contributed by atoms with E-state index in [2.05, 4.69) is 30.3 Å². The van der Waals surface area contributed by atoms with Gasteiger partial charge >= 0.3 is 0 Å². The first kappa shape index (κ1) is 25.8. The molecule has 37 heavy (non-hydrogen) atoms. The van der Waals surface area contributed by atoms with Gasteiger partial charge in [-0.1, -0.05) is 35.1 Å². The molecule has 2 aromatic carbocycles. The predicted octanol–water partition coefficient (Wildman–Crippen LogP) is 4.23. The Labute approximate surface area is 220 Å². The first-order valence-electron chi connectivity index (χ1n) is 10.5. The van der Waals surface area contributed by atoms with E-state index in [0.717, 1.165) is 11.3 Å². The van der Waals surface area contributed by atoms with E-state index < -0.39 is 15.6 Å². The lowest BCUT2D eigenvalue weighted by atomic mass is 10.1. The van der Waals surface area contributed by atoms with E-state index in [-0.39, 0.29) is 43.8 Å². The summed E-state index contributed by atoms with van der Waals surface area (Å²) < 4.78 is 28.5. The SMILES string of the molecule is CC(=O)Nc1nc(C)c(S(=O)(=O)Nc2cccc(-c3nc(Nc4ccc(Cl)cc4)[nH]c(=O)c3C#N)c2)s1. The molecule has 14 heteroatoms. The standard InChI is InChI=1S/C23H18ClN7O4S2/c1-12-21(36-23(26-12)27-13(2)32)37(34,35)31-17-5-3-4-14(10-17)19-18(11-25)20(33)30-22(29-19)28-16-8-6-15(24)7-9-16/h3-10,31H,1-2H3,(H,26,27,32)(H2,28,29,30,33). The van der Waals surface area contributed by atoms with Gasteiger partial charge in [0.05, 0.1) is 11.4 Å². The van der Waals surface area contributed by atoms with Crippen LogP contribution in [0.1, 0.15) is 18.2 Å². The number of carbonyl (C=O) groups excluding carboxylic acids is 1. The smallest absolute Gasteiger partial charge is 0.273 e. The fraction of sp³-hybridized carbons (Fsp3) is 0.0870. The molecule has 0 aliphatic rings. The van der Waals surface area contributed by atoms with Gasteiger partial charge in [0.15, 0.2) is 9.34 Å². The fourth-order valence-electron chi connectivity index (χ4n) is 3.28. The van der Waals surface area contributed by atoms with Crippen LogP contribution in [0.25, 0.3) is 11.3 Å². The van der Waals surface area contributed by atoms with Crippen LogP contribution in [-0.2, 0) is 14.8 Å². The van der Waals surface area contributed by atoms with Gasteiger partial charge in [-0.2, -0.15) is 5.26 Å². The van der Waals surface area contributed by atoms with Crippen molar-refractivity contribution in [3.63, 3.8) is 0 Å². The Morgan fingerprint density at radius 1 is 1.14 bits per heavy atom. The van der Waals surface area contributed by atoms with Gasteiger partial charge < -0.3 is 10.6 Å². The van der Waals surface area contributed by atoms with Gasteiger partial charge in [-0.3, -0.25) is 19.3 Å². The average Bonchev–Trinajstić information content (AvgIpc) is 3.20. The van der Waals surface area contributed by atoms with Crippen LogP contribution in [-0.4, -0.2) is 29.3 Å². The molecule has 0 unspecified atom stereocenters. The second-order valence-corrected chi connectivity index (χ2v) is 11.0. The maximum atomic E-state index is 13.0. The zero-order valence-electron chi connectivity index (χ0n) is 19.3. The summed E-state index contributed by atoms with van der Waals surface area (Å²) in [6.45, 7) is 2.81. The van der Waals surface area contributed by atoms with Crippen molar-refractivity contribution in [1.82, 2.24) is 15.0 Å². The zero-order chi connectivity index (χ0) is 26.7. The van der Waals surface area contributed by atoms with Crippen LogP contribution in [0.15, 0.2) is 57.5 Å². The minimum atomic E-state index is -4.06. The van der Waals surface area contributed by atoms with E-state index in [0.29, 0.717) is 16.3 Å². The Hall–Kier alpha value is -4.25. The number of H-pyrrole nitrogens is 1. The molecule has 0 saturated heterocycles. The van der Waals surface area contributed by atoms with Crippen molar-refractivity contribution in [2.75, 3.05) is 15.4 Å². The van der Waals surface area contributed by atoms with Crippen molar-refractivity contribution in [1.29, 1.82) is 5.26 Å². The van der Waals surface area contributed by atoms with Crippen LogP contribution < -0.4 is 20.9 Å². The van der Waals surface area contributed by atoms with Crippen molar-refractivity contribution in [3.05, 3.63) is 75.2 Å². The van der Waals surface area contributed by atoms with Gasteiger partial charge in [-0.25, -0.2) is 18.4 Å². The largest absolute Gasteiger partial charge is 0.326 e. The summed E-state index contributed by atoms with van der Waals surface area (Å²) in [5, 5.41) is 15.7. The van der Waals surface area contributed by atoms with E-state index >= 15 is 0 Å². The van der Waals surface area contributed by atoms with E-state index in [1.807, 2.05) is 6.07 Å². The van der Waals surface area contributed by atoms with Gasteiger partial charge in [0.2, 0.25) is 11.9 Å². The van der Waals surface area contributed by atoms with Crippen LogP contribution in [0.5, 0.6) is 0 Å². The number of hydrogen-bond acceptors (Lipinski definition) is 9. The van der Waals surface area contributed by atoms with Crippen LogP contribution in [0.4, 0.5) is 22.5 Å². The number of aryl methyl sites for hydroxylation is 1. The summed E-state index contributed by atoms with van der Waals surface area (Å²) in [4.78, 5) is 34.9. The first-order valence-corrected chi connectivity index (χ1v) is 13.2. The molecule has 0 saturated carbocycles. The van der Waals surface area contributed by atoms with E-state index in [1.165, 1.54) is 26.0 Å². The third-order valence-corrected chi connectivity index (χ3v) is 8.12. The molecule has 4 aromatic rings. The molecule has 0 radical (unpaired) electrons. The summed E-state index contributed by atoms with van der Waals surface area (Å²) in [6.07, 6.45) is 0. The first-order chi connectivity index (χ1) is 17.6. The highest BCUT2D eigenvalue weighted by Crippen LogP contribution is 2.30. The number of nitriles is 1. The minimum absolute atomic E-state index is 0.0608. The number of anilines is 4. The van der Waals surface area contributed by atoms with Gasteiger partial charge in [-0.05, 0) is 43.3 Å². The molecule has 0 atom stereocenters. The number of halogens is 1. The second kappa shape index (κ2) is 10.4. The van der Waals surface area contributed by atoms with Crippen LogP contribution >= 0.6 is 22.9 Å². The molecule has 2 heterocycles. The van der Waals surface area contributed by atoms with Crippen molar-refractivity contribution >= 4 is 61.3 Å². The van der Waals surface area contributed by atoms with Crippen molar-refractivity contribution in [3.8, 4) is 17.3 Å². The molecule has 11 nitrogen and oxygen atoms in total. The quantitative estimate of drug-likeness (QED) is 0.262. The molecule has 4 rings (SSSR count). The Morgan fingerprint density at radius 3 is 2.54 bits per heavy atom. The number of nitrogens with one attached hydrogen (secondary N) is 4. The molecular formula is C23H18ClN7O4S2. The zero-order valence-corrected chi connectivity index (χ0v) is 21.7. The number of hydrogen-bond donors (Lipinski definition) is 4. The minimum Gasteiger partial charge on any atom is -0.326 e. The number of nitrogens with zero attached hydrogens (tertiary/aromatic N) is 3. The third kappa shape index (κ3) is 5.95. The van der Waals surface area contributed by atoms with Crippen LogP contribution in [0.2, 0.25) is 5.02 Å². The second-order valence-electron chi connectivity index (χ2n) is 7.64. The number of aromatic nitrogens is 3. The lowest BCUT2D eigenvalue weighted by molar-refractivity contribution is -0.114. The van der Waals surface area contributed by atoms with Gasteiger partial charge in [-0.15, -0.1) is 0 Å². The van der Waals surface area contributed by atoms with Crippen LogP contribution in [0.3, 0.4) is 0 Å². The van der Waals surface area contributed by atoms with Crippen LogP contribution in [0, 0.1) is 18.3 Å².